The zero-order chi connectivity index (χ0) is 19.0. The van der Waals surface area contributed by atoms with Crippen molar-refractivity contribution >= 4 is 16.9 Å². The van der Waals surface area contributed by atoms with E-state index in [1.165, 1.54) is 6.92 Å². The molecule has 4 rings (SSSR count). The maximum Gasteiger partial charge on any atom is 0.272 e. The van der Waals surface area contributed by atoms with Crippen LogP contribution in [0.25, 0.3) is 22.4 Å². The molecule has 1 aliphatic carbocycles. The predicted octanol–water partition coefficient (Wildman–Crippen LogP) is 2.51. The summed E-state index contributed by atoms with van der Waals surface area (Å²) in [5.41, 5.74) is 2.81. The second kappa shape index (κ2) is 6.94. The van der Waals surface area contributed by atoms with Crippen LogP contribution in [0, 0.1) is 6.92 Å². The molecule has 0 atom stereocenters. The zero-order valence-electron chi connectivity index (χ0n) is 15.4. The van der Waals surface area contributed by atoms with Crippen LogP contribution < -0.4 is 10.9 Å². The van der Waals surface area contributed by atoms with Gasteiger partial charge in [-0.15, -0.1) is 0 Å². The van der Waals surface area contributed by atoms with E-state index in [2.05, 4.69) is 20.4 Å². The van der Waals surface area contributed by atoms with Crippen LogP contribution in [0.5, 0.6) is 0 Å². The van der Waals surface area contributed by atoms with Gasteiger partial charge in [-0.25, -0.2) is 4.98 Å². The Morgan fingerprint density at radius 3 is 2.81 bits per heavy atom. The zero-order valence-corrected chi connectivity index (χ0v) is 15.4. The van der Waals surface area contributed by atoms with Crippen molar-refractivity contribution in [3.63, 3.8) is 0 Å². The van der Waals surface area contributed by atoms with Crippen molar-refractivity contribution in [1.82, 2.24) is 25.0 Å². The summed E-state index contributed by atoms with van der Waals surface area (Å²) in [5.74, 6) is 0.598. The predicted molar refractivity (Wildman–Crippen MR) is 99.1 cm³/mol. The first-order valence-electron chi connectivity index (χ1n) is 9.13. The van der Waals surface area contributed by atoms with Crippen molar-refractivity contribution in [3.8, 4) is 11.4 Å². The number of hydrogen-bond acceptors (Lipinski definition) is 6. The van der Waals surface area contributed by atoms with Crippen LogP contribution in [0.15, 0.2) is 27.5 Å². The molecule has 1 saturated carbocycles. The average molecular weight is 367 g/mol. The third-order valence-electron chi connectivity index (χ3n) is 4.96. The number of carbonyl (C=O) groups is 1. The summed E-state index contributed by atoms with van der Waals surface area (Å²) in [6, 6.07) is 5.89. The van der Waals surface area contributed by atoms with E-state index < -0.39 is 0 Å². The molecule has 0 aliphatic heterocycles. The molecule has 1 aromatic carbocycles. The summed E-state index contributed by atoms with van der Waals surface area (Å²) in [6.07, 6.45) is 4.35. The third-order valence-corrected chi connectivity index (χ3v) is 4.96. The van der Waals surface area contributed by atoms with Crippen LogP contribution in [0.3, 0.4) is 0 Å². The minimum absolute atomic E-state index is 0.0145. The van der Waals surface area contributed by atoms with Crippen LogP contribution in [0.4, 0.5) is 0 Å². The first-order valence-corrected chi connectivity index (χ1v) is 9.13. The fourth-order valence-corrected chi connectivity index (χ4v) is 3.64. The van der Waals surface area contributed by atoms with Crippen molar-refractivity contribution in [3.05, 3.63) is 40.1 Å². The second-order valence-electron chi connectivity index (χ2n) is 6.94. The van der Waals surface area contributed by atoms with E-state index in [0.29, 0.717) is 17.4 Å². The molecule has 0 saturated heterocycles. The standard InChI is InChI=1S/C19H21N5O3/c1-11-19(26)24(14-5-3-4-6-14)16-8-7-13(9-15(16)21-11)18-22-17(27-23-18)10-20-12(2)25/h7-9,14H,3-6,10H2,1-2H3,(H,20,25). The number of nitrogens with one attached hydrogen (secondary N) is 1. The molecule has 8 heteroatoms. The maximum absolute atomic E-state index is 12.7. The molecule has 1 aliphatic rings. The van der Waals surface area contributed by atoms with Gasteiger partial charge in [0, 0.05) is 18.5 Å². The van der Waals surface area contributed by atoms with Crippen molar-refractivity contribution in [2.45, 2.75) is 52.1 Å². The molecule has 2 heterocycles. The van der Waals surface area contributed by atoms with Crippen LogP contribution in [-0.4, -0.2) is 25.6 Å². The highest BCUT2D eigenvalue weighted by molar-refractivity contribution is 5.80. The summed E-state index contributed by atoms with van der Waals surface area (Å²) < 4.78 is 7.07. The number of rotatable bonds is 4. The van der Waals surface area contributed by atoms with Crippen LogP contribution >= 0.6 is 0 Å². The molecular formula is C19H21N5O3. The van der Waals surface area contributed by atoms with Gasteiger partial charge in [-0.05, 0) is 38.0 Å². The van der Waals surface area contributed by atoms with Gasteiger partial charge in [0.05, 0.1) is 17.6 Å². The Kier molecular flexibility index (Phi) is 4.47. The molecule has 1 N–H and O–H groups in total. The van der Waals surface area contributed by atoms with Crippen LogP contribution in [0.1, 0.15) is 50.2 Å². The van der Waals surface area contributed by atoms with E-state index in [1.807, 2.05) is 22.8 Å². The minimum Gasteiger partial charge on any atom is -0.347 e. The lowest BCUT2D eigenvalue weighted by molar-refractivity contribution is -0.119. The average Bonchev–Trinajstić information content (AvgIpc) is 3.32. The summed E-state index contributed by atoms with van der Waals surface area (Å²) in [7, 11) is 0. The number of carbonyl (C=O) groups excluding carboxylic acids is 1. The summed E-state index contributed by atoms with van der Waals surface area (Å²) in [4.78, 5) is 32.5. The molecule has 2 aromatic heterocycles. The highest BCUT2D eigenvalue weighted by atomic mass is 16.5. The second-order valence-corrected chi connectivity index (χ2v) is 6.94. The van der Waals surface area contributed by atoms with Gasteiger partial charge in [-0.2, -0.15) is 4.98 Å². The minimum atomic E-state index is -0.162. The van der Waals surface area contributed by atoms with Gasteiger partial charge >= 0.3 is 0 Å². The van der Waals surface area contributed by atoms with E-state index in [0.717, 1.165) is 42.3 Å². The van der Waals surface area contributed by atoms with E-state index >= 15 is 0 Å². The number of nitrogens with zero attached hydrogens (tertiary/aromatic N) is 4. The lowest BCUT2D eigenvalue weighted by Crippen LogP contribution is -2.26. The SMILES string of the molecule is CC(=O)NCc1nc(-c2ccc3c(c2)nc(C)c(=O)n3C2CCCC2)no1. The number of aromatic nitrogens is 4. The van der Waals surface area contributed by atoms with E-state index in [4.69, 9.17) is 4.52 Å². The molecule has 140 valence electrons. The van der Waals surface area contributed by atoms with E-state index in [1.54, 1.807) is 6.92 Å². The number of fused-ring (bicyclic) bond motifs is 1. The Labute approximate surface area is 155 Å². The topological polar surface area (TPSA) is 103 Å². The fraction of sp³-hybridized carbons (Fsp3) is 0.421. The van der Waals surface area contributed by atoms with E-state index in [9.17, 15) is 9.59 Å². The molecule has 3 aromatic rings. The Morgan fingerprint density at radius 1 is 1.30 bits per heavy atom. The highest BCUT2D eigenvalue weighted by Crippen LogP contribution is 2.31. The number of amides is 1. The first kappa shape index (κ1) is 17.4. The monoisotopic (exact) mass is 367 g/mol. The smallest absolute Gasteiger partial charge is 0.272 e. The van der Waals surface area contributed by atoms with Crippen molar-refractivity contribution in [2.75, 3.05) is 0 Å². The Hall–Kier alpha value is -3.03. The number of benzene rings is 1. The molecule has 0 radical (unpaired) electrons. The highest BCUT2D eigenvalue weighted by Gasteiger charge is 2.21. The molecular weight excluding hydrogens is 346 g/mol. The van der Waals surface area contributed by atoms with Gasteiger partial charge in [0.15, 0.2) is 0 Å². The largest absolute Gasteiger partial charge is 0.347 e. The molecule has 1 amide bonds. The van der Waals surface area contributed by atoms with Crippen molar-refractivity contribution in [2.24, 2.45) is 0 Å². The van der Waals surface area contributed by atoms with Gasteiger partial charge in [0.1, 0.15) is 5.69 Å². The molecule has 8 nitrogen and oxygen atoms in total. The number of hydrogen-bond donors (Lipinski definition) is 1. The van der Waals surface area contributed by atoms with Crippen molar-refractivity contribution < 1.29 is 9.32 Å². The fourth-order valence-electron chi connectivity index (χ4n) is 3.64. The van der Waals surface area contributed by atoms with Gasteiger partial charge in [-0.3, -0.25) is 9.59 Å². The molecule has 0 bridgehead atoms. The van der Waals surface area contributed by atoms with E-state index in [-0.39, 0.29) is 24.1 Å². The normalized spacial score (nSPS) is 14.7. The van der Waals surface area contributed by atoms with Gasteiger partial charge in [0.25, 0.3) is 5.56 Å². The Morgan fingerprint density at radius 2 is 2.07 bits per heavy atom. The van der Waals surface area contributed by atoms with Crippen LogP contribution in [-0.2, 0) is 11.3 Å². The Balaban J connectivity index is 1.73. The van der Waals surface area contributed by atoms with Gasteiger partial charge < -0.3 is 14.4 Å². The lowest BCUT2D eigenvalue weighted by atomic mass is 10.1. The molecule has 0 unspecified atom stereocenters. The van der Waals surface area contributed by atoms with Crippen LogP contribution in [0.2, 0.25) is 0 Å². The Bertz CT molecular complexity index is 1060. The quantitative estimate of drug-likeness (QED) is 0.760. The third kappa shape index (κ3) is 3.34. The summed E-state index contributed by atoms with van der Waals surface area (Å²) >= 11 is 0. The first-order chi connectivity index (χ1) is 13.0. The summed E-state index contributed by atoms with van der Waals surface area (Å²) in [6.45, 7) is 3.37. The summed E-state index contributed by atoms with van der Waals surface area (Å²) in [5, 5.41) is 6.60. The number of aryl methyl sites for hydroxylation is 1. The van der Waals surface area contributed by atoms with Gasteiger partial charge in [0.2, 0.25) is 17.6 Å². The molecule has 27 heavy (non-hydrogen) atoms. The molecule has 1 fully saturated rings. The molecule has 0 spiro atoms. The van der Waals surface area contributed by atoms with Gasteiger partial charge in [-0.1, -0.05) is 18.0 Å². The van der Waals surface area contributed by atoms with Crippen molar-refractivity contribution in [1.29, 1.82) is 0 Å². The maximum atomic E-state index is 12.7. The lowest BCUT2D eigenvalue weighted by Gasteiger charge is -2.17.